The van der Waals surface area contributed by atoms with Crippen LogP contribution in [0.15, 0.2) is 29.3 Å². The lowest BCUT2D eigenvalue weighted by molar-refractivity contribution is 0.579. The summed E-state index contributed by atoms with van der Waals surface area (Å²) in [6.45, 7) is 7.99. The number of nitrogens with one attached hydrogen (secondary N) is 3. The molecule has 1 aromatic rings. The Morgan fingerprint density at radius 1 is 1.04 bits per heavy atom. The molecule has 1 aromatic carbocycles. The van der Waals surface area contributed by atoms with Gasteiger partial charge in [-0.2, -0.15) is 0 Å². The highest BCUT2D eigenvalue weighted by atomic mass is 127. The number of aliphatic imine (C=N–C) groups is 1. The Hall–Kier alpha value is -0.870. The number of benzene rings is 1. The second-order valence-electron chi connectivity index (χ2n) is 6.58. The third kappa shape index (κ3) is 11.5. The van der Waals surface area contributed by atoms with Crippen molar-refractivity contribution in [1.82, 2.24) is 15.4 Å². The molecular weight excluding hydrogens is 475 g/mol. The van der Waals surface area contributed by atoms with Gasteiger partial charge in [0, 0.05) is 26.7 Å². The molecule has 0 spiro atoms. The number of rotatable bonds is 11. The van der Waals surface area contributed by atoms with E-state index in [1.807, 2.05) is 0 Å². The third-order valence-corrected chi connectivity index (χ3v) is 5.56. The minimum Gasteiger partial charge on any atom is -0.356 e. The first-order chi connectivity index (χ1) is 12.4. The average Bonchev–Trinajstić information content (AvgIpc) is 2.63. The molecule has 0 unspecified atom stereocenters. The smallest absolute Gasteiger partial charge is 0.211 e. The van der Waals surface area contributed by atoms with Crippen LogP contribution in [0.25, 0.3) is 0 Å². The summed E-state index contributed by atoms with van der Waals surface area (Å²) < 4.78 is 25.2. The standard InChI is InChI=1S/C19H34N4O2S.HI/c1-5-26(24,25)23-15-7-14-22-19(20-4)21-13-6-8-17-9-11-18(12-10-17)16(2)3;/h9-12,16,23H,5-8,13-15H2,1-4H3,(H2,20,21,22);1H. The Kier molecular flexibility index (Phi) is 13.7. The van der Waals surface area contributed by atoms with Crippen LogP contribution >= 0.6 is 24.0 Å². The monoisotopic (exact) mass is 510 g/mol. The topological polar surface area (TPSA) is 82.6 Å². The lowest BCUT2D eigenvalue weighted by Crippen LogP contribution is -2.39. The highest BCUT2D eigenvalue weighted by molar-refractivity contribution is 14.0. The van der Waals surface area contributed by atoms with Crippen LogP contribution in [0.1, 0.15) is 50.7 Å². The molecule has 0 atom stereocenters. The van der Waals surface area contributed by atoms with Crippen molar-refractivity contribution in [1.29, 1.82) is 0 Å². The van der Waals surface area contributed by atoms with Gasteiger partial charge in [-0.25, -0.2) is 13.1 Å². The second-order valence-corrected chi connectivity index (χ2v) is 8.67. The van der Waals surface area contributed by atoms with Gasteiger partial charge in [0.05, 0.1) is 5.75 Å². The molecule has 8 heteroatoms. The number of sulfonamides is 1. The summed E-state index contributed by atoms with van der Waals surface area (Å²) in [6, 6.07) is 8.83. The summed E-state index contributed by atoms with van der Waals surface area (Å²) in [4.78, 5) is 4.18. The van der Waals surface area contributed by atoms with Crippen LogP contribution in [0.5, 0.6) is 0 Å². The van der Waals surface area contributed by atoms with E-state index in [1.165, 1.54) is 11.1 Å². The molecule has 0 aliphatic carbocycles. The molecule has 0 bridgehead atoms. The van der Waals surface area contributed by atoms with Crippen molar-refractivity contribution in [2.45, 2.75) is 46.0 Å². The van der Waals surface area contributed by atoms with E-state index in [4.69, 9.17) is 0 Å². The number of hydrogen-bond donors (Lipinski definition) is 3. The van der Waals surface area contributed by atoms with Crippen molar-refractivity contribution >= 4 is 40.0 Å². The number of nitrogens with zero attached hydrogens (tertiary/aromatic N) is 1. The summed E-state index contributed by atoms with van der Waals surface area (Å²) >= 11 is 0. The Morgan fingerprint density at radius 3 is 2.15 bits per heavy atom. The molecule has 1 rings (SSSR count). The van der Waals surface area contributed by atoms with Crippen LogP contribution in [-0.2, 0) is 16.4 Å². The Morgan fingerprint density at radius 2 is 1.63 bits per heavy atom. The fourth-order valence-electron chi connectivity index (χ4n) is 2.41. The van der Waals surface area contributed by atoms with Crippen LogP contribution in [0.4, 0.5) is 0 Å². The zero-order valence-corrected chi connectivity index (χ0v) is 20.1. The van der Waals surface area contributed by atoms with Gasteiger partial charge in [0.2, 0.25) is 10.0 Å². The molecule has 0 radical (unpaired) electrons. The SMILES string of the molecule is CCS(=O)(=O)NCCCNC(=NC)NCCCc1ccc(C(C)C)cc1.I. The van der Waals surface area contributed by atoms with Gasteiger partial charge in [-0.3, -0.25) is 4.99 Å². The molecule has 0 aliphatic heterocycles. The van der Waals surface area contributed by atoms with E-state index >= 15 is 0 Å². The fraction of sp³-hybridized carbons (Fsp3) is 0.632. The molecule has 6 nitrogen and oxygen atoms in total. The molecule has 0 aliphatic rings. The summed E-state index contributed by atoms with van der Waals surface area (Å²) in [7, 11) is -1.37. The highest BCUT2D eigenvalue weighted by Crippen LogP contribution is 2.15. The van der Waals surface area contributed by atoms with E-state index < -0.39 is 10.0 Å². The minimum absolute atomic E-state index is 0. The Balaban J connectivity index is 0.00000676. The van der Waals surface area contributed by atoms with Crippen molar-refractivity contribution in [2.24, 2.45) is 4.99 Å². The second kappa shape index (κ2) is 14.2. The lowest BCUT2D eigenvalue weighted by Gasteiger charge is -2.12. The number of aryl methyl sites for hydroxylation is 1. The zero-order chi connectivity index (χ0) is 19.4. The molecule has 0 saturated carbocycles. The van der Waals surface area contributed by atoms with E-state index in [-0.39, 0.29) is 29.7 Å². The quantitative estimate of drug-likeness (QED) is 0.185. The first kappa shape index (κ1) is 26.1. The van der Waals surface area contributed by atoms with Gasteiger partial charge in [-0.15, -0.1) is 24.0 Å². The summed E-state index contributed by atoms with van der Waals surface area (Å²) in [5, 5.41) is 6.48. The Bertz CT molecular complexity index is 646. The van der Waals surface area contributed by atoms with Gasteiger partial charge >= 0.3 is 0 Å². The predicted molar refractivity (Wildman–Crippen MR) is 126 cm³/mol. The van der Waals surface area contributed by atoms with Crippen LogP contribution in [0, 0.1) is 0 Å². The first-order valence-corrected chi connectivity index (χ1v) is 11.0. The van der Waals surface area contributed by atoms with Gasteiger partial charge in [0.15, 0.2) is 5.96 Å². The highest BCUT2D eigenvalue weighted by Gasteiger charge is 2.04. The summed E-state index contributed by atoms with van der Waals surface area (Å²) in [6.07, 6.45) is 2.77. The summed E-state index contributed by atoms with van der Waals surface area (Å²) in [5.41, 5.74) is 2.72. The van der Waals surface area contributed by atoms with Crippen LogP contribution in [0.2, 0.25) is 0 Å². The van der Waals surface area contributed by atoms with Crippen molar-refractivity contribution < 1.29 is 8.42 Å². The minimum atomic E-state index is -3.10. The maximum Gasteiger partial charge on any atom is 0.211 e. The lowest BCUT2D eigenvalue weighted by atomic mass is 10.0. The molecule has 3 N–H and O–H groups in total. The van der Waals surface area contributed by atoms with Gasteiger partial charge in [-0.1, -0.05) is 38.1 Å². The van der Waals surface area contributed by atoms with Crippen LogP contribution in [-0.4, -0.2) is 46.8 Å². The van der Waals surface area contributed by atoms with E-state index in [9.17, 15) is 8.42 Å². The van der Waals surface area contributed by atoms with Crippen molar-refractivity contribution in [3.8, 4) is 0 Å². The van der Waals surface area contributed by atoms with Crippen molar-refractivity contribution in [2.75, 3.05) is 32.4 Å². The van der Waals surface area contributed by atoms with E-state index in [0.29, 0.717) is 25.4 Å². The maximum atomic E-state index is 11.3. The van der Waals surface area contributed by atoms with Crippen molar-refractivity contribution in [3.05, 3.63) is 35.4 Å². The predicted octanol–water partition coefficient (Wildman–Crippen LogP) is 2.86. The van der Waals surface area contributed by atoms with Gasteiger partial charge in [-0.05, 0) is 43.2 Å². The molecule has 0 saturated heterocycles. The zero-order valence-electron chi connectivity index (χ0n) is 16.9. The molecule has 156 valence electrons. The van der Waals surface area contributed by atoms with Crippen LogP contribution in [0.3, 0.4) is 0 Å². The van der Waals surface area contributed by atoms with E-state index in [2.05, 4.69) is 58.5 Å². The first-order valence-electron chi connectivity index (χ1n) is 9.38. The van der Waals surface area contributed by atoms with E-state index in [0.717, 1.165) is 25.3 Å². The van der Waals surface area contributed by atoms with Gasteiger partial charge in [0.25, 0.3) is 0 Å². The van der Waals surface area contributed by atoms with Gasteiger partial charge < -0.3 is 10.6 Å². The van der Waals surface area contributed by atoms with Crippen LogP contribution < -0.4 is 15.4 Å². The van der Waals surface area contributed by atoms with Gasteiger partial charge in [0.1, 0.15) is 0 Å². The molecule has 0 fully saturated rings. The Labute approximate surface area is 182 Å². The molecule has 0 aromatic heterocycles. The largest absolute Gasteiger partial charge is 0.356 e. The molecule has 0 amide bonds. The fourth-order valence-corrected chi connectivity index (χ4v) is 3.07. The summed E-state index contributed by atoms with van der Waals surface area (Å²) in [5.74, 6) is 1.43. The maximum absolute atomic E-state index is 11.3. The van der Waals surface area contributed by atoms with E-state index in [1.54, 1.807) is 14.0 Å². The average molecular weight is 510 g/mol. The van der Waals surface area contributed by atoms with Crippen molar-refractivity contribution in [3.63, 3.8) is 0 Å². The normalized spacial score (nSPS) is 12.0. The number of hydrogen-bond acceptors (Lipinski definition) is 3. The molecule has 27 heavy (non-hydrogen) atoms. The molecule has 0 heterocycles. The molecular formula is C19H35IN4O2S. The number of guanidine groups is 1. The number of halogens is 1. The third-order valence-electron chi connectivity index (χ3n) is 4.15.